The second-order valence-electron chi connectivity index (χ2n) is 4.63. The number of benzene rings is 1. The molecule has 0 unspecified atom stereocenters. The Hall–Kier alpha value is -1.59. The van der Waals surface area contributed by atoms with Crippen molar-refractivity contribution >= 4 is 17.0 Å². The molecule has 1 aromatic carbocycles. The van der Waals surface area contributed by atoms with Crippen LogP contribution in [-0.4, -0.2) is 59.3 Å². The first kappa shape index (κ1) is 11.5. The minimum atomic E-state index is 0.241. The molecule has 0 bridgehead atoms. The molecular weight excluding hydrogens is 228 g/mol. The number of piperazine rings is 1. The molecule has 1 saturated heterocycles. The number of β-amino-alcohol motifs (C(OH)–C–C–N with tert-alkyl or cyclic N) is 1. The van der Waals surface area contributed by atoms with Crippen LogP contribution >= 0.6 is 0 Å². The van der Waals surface area contributed by atoms with Gasteiger partial charge in [0.25, 0.3) is 0 Å². The molecular formula is C13H18N4O. The zero-order valence-corrected chi connectivity index (χ0v) is 10.3. The van der Waals surface area contributed by atoms with Crippen molar-refractivity contribution in [1.29, 1.82) is 0 Å². The van der Waals surface area contributed by atoms with E-state index >= 15 is 0 Å². The molecule has 18 heavy (non-hydrogen) atoms. The number of hydrogen-bond acceptors (Lipinski definition) is 4. The van der Waals surface area contributed by atoms with Gasteiger partial charge in [-0.25, -0.2) is 4.98 Å². The van der Waals surface area contributed by atoms with E-state index in [0.29, 0.717) is 0 Å². The number of anilines is 1. The molecule has 0 radical (unpaired) electrons. The zero-order chi connectivity index (χ0) is 12.4. The van der Waals surface area contributed by atoms with Crippen molar-refractivity contribution in [3.05, 3.63) is 24.3 Å². The molecule has 1 fully saturated rings. The lowest BCUT2D eigenvalue weighted by atomic mass is 10.3. The summed E-state index contributed by atoms with van der Waals surface area (Å²) in [6, 6.07) is 8.10. The predicted octanol–water partition coefficient (Wildman–Crippen LogP) is 0.677. The van der Waals surface area contributed by atoms with Crippen molar-refractivity contribution in [2.75, 3.05) is 44.2 Å². The largest absolute Gasteiger partial charge is 0.395 e. The van der Waals surface area contributed by atoms with Crippen molar-refractivity contribution in [3.8, 4) is 0 Å². The molecule has 5 nitrogen and oxygen atoms in total. The lowest BCUT2D eigenvalue weighted by Crippen LogP contribution is -2.47. The van der Waals surface area contributed by atoms with Gasteiger partial charge in [0.15, 0.2) is 0 Å². The number of fused-ring (bicyclic) bond motifs is 1. The van der Waals surface area contributed by atoms with Gasteiger partial charge in [0, 0.05) is 32.7 Å². The fourth-order valence-corrected chi connectivity index (χ4v) is 2.41. The first-order valence-electron chi connectivity index (χ1n) is 6.40. The number of rotatable bonds is 3. The van der Waals surface area contributed by atoms with E-state index < -0.39 is 0 Å². The van der Waals surface area contributed by atoms with Gasteiger partial charge < -0.3 is 15.0 Å². The van der Waals surface area contributed by atoms with Gasteiger partial charge >= 0.3 is 0 Å². The third-order valence-electron chi connectivity index (χ3n) is 3.46. The van der Waals surface area contributed by atoms with Gasteiger partial charge in [-0.05, 0) is 12.1 Å². The van der Waals surface area contributed by atoms with E-state index in [1.807, 2.05) is 24.3 Å². The number of aromatic amines is 1. The van der Waals surface area contributed by atoms with E-state index in [9.17, 15) is 0 Å². The number of H-pyrrole nitrogens is 1. The maximum atomic E-state index is 8.92. The maximum Gasteiger partial charge on any atom is 0.203 e. The Balaban J connectivity index is 1.72. The Morgan fingerprint density at radius 3 is 2.67 bits per heavy atom. The molecule has 2 heterocycles. The van der Waals surface area contributed by atoms with Crippen LogP contribution in [0.2, 0.25) is 0 Å². The Labute approximate surface area is 106 Å². The Kier molecular flexibility index (Phi) is 3.17. The minimum Gasteiger partial charge on any atom is -0.395 e. The summed E-state index contributed by atoms with van der Waals surface area (Å²) >= 11 is 0. The van der Waals surface area contributed by atoms with Gasteiger partial charge in [0.1, 0.15) is 0 Å². The van der Waals surface area contributed by atoms with Gasteiger partial charge in [-0.2, -0.15) is 0 Å². The molecule has 5 heteroatoms. The van der Waals surface area contributed by atoms with Crippen molar-refractivity contribution in [3.63, 3.8) is 0 Å². The van der Waals surface area contributed by atoms with E-state index in [1.165, 1.54) is 0 Å². The Morgan fingerprint density at radius 2 is 1.94 bits per heavy atom. The quantitative estimate of drug-likeness (QED) is 0.836. The molecule has 1 aliphatic heterocycles. The van der Waals surface area contributed by atoms with Gasteiger partial charge in [-0.15, -0.1) is 0 Å². The summed E-state index contributed by atoms with van der Waals surface area (Å²) in [6.45, 7) is 4.90. The normalized spacial score (nSPS) is 17.5. The third kappa shape index (κ3) is 2.19. The third-order valence-corrected chi connectivity index (χ3v) is 3.46. The maximum absolute atomic E-state index is 8.92. The van der Waals surface area contributed by atoms with Gasteiger partial charge in [0.2, 0.25) is 5.95 Å². The van der Waals surface area contributed by atoms with Crippen LogP contribution in [0.1, 0.15) is 0 Å². The summed E-state index contributed by atoms with van der Waals surface area (Å²) in [5.74, 6) is 0.958. The van der Waals surface area contributed by atoms with Crippen LogP contribution in [0.4, 0.5) is 5.95 Å². The average molecular weight is 246 g/mol. The average Bonchev–Trinajstić information content (AvgIpc) is 2.84. The fourth-order valence-electron chi connectivity index (χ4n) is 2.41. The molecule has 0 atom stereocenters. The number of nitrogens with zero attached hydrogens (tertiary/aromatic N) is 3. The highest BCUT2D eigenvalue weighted by Crippen LogP contribution is 2.18. The van der Waals surface area contributed by atoms with E-state index in [4.69, 9.17) is 5.11 Å². The summed E-state index contributed by atoms with van der Waals surface area (Å²) < 4.78 is 0. The van der Waals surface area contributed by atoms with Crippen molar-refractivity contribution < 1.29 is 5.11 Å². The van der Waals surface area contributed by atoms with Crippen LogP contribution in [0.5, 0.6) is 0 Å². The molecule has 1 aliphatic rings. The molecule has 0 spiro atoms. The van der Waals surface area contributed by atoms with E-state index in [2.05, 4.69) is 19.8 Å². The highest BCUT2D eigenvalue weighted by Gasteiger charge is 2.18. The number of para-hydroxylation sites is 2. The van der Waals surface area contributed by atoms with Crippen LogP contribution in [-0.2, 0) is 0 Å². The molecule has 0 aliphatic carbocycles. The van der Waals surface area contributed by atoms with E-state index in [-0.39, 0.29) is 6.61 Å². The SMILES string of the molecule is OCCN1CCN(c2nc3ccccc3[nH]2)CC1. The standard InChI is InChI=1S/C13H18N4O/c18-10-9-16-5-7-17(8-6-16)13-14-11-3-1-2-4-12(11)15-13/h1-4,18H,5-10H2,(H,14,15). The van der Waals surface area contributed by atoms with Crippen LogP contribution in [0.15, 0.2) is 24.3 Å². The molecule has 1 aromatic heterocycles. The molecule has 2 aromatic rings. The first-order chi connectivity index (χ1) is 8.86. The van der Waals surface area contributed by atoms with Crippen LogP contribution in [0.25, 0.3) is 11.0 Å². The Morgan fingerprint density at radius 1 is 1.17 bits per heavy atom. The van der Waals surface area contributed by atoms with Gasteiger partial charge in [-0.3, -0.25) is 4.90 Å². The predicted molar refractivity (Wildman–Crippen MR) is 71.8 cm³/mol. The molecule has 2 N–H and O–H groups in total. The number of imidazole rings is 1. The summed E-state index contributed by atoms with van der Waals surface area (Å²) in [4.78, 5) is 12.5. The van der Waals surface area contributed by atoms with Crippen molar-refractivity contribution in [2.45, 2.75) is 0 Å². The summed E-state index contributed by atoms with van der Waals surface area (Å²) in [5, 5.41) is 8.92. The van der Waals surface area contributed by atoms with E-state index in [0.717, 1.165) is 49.7 Å². The topological polar surface area (TPSA) is 55.4 Å². The summed E-state index contributed by atoms with van der Waals surface area (Å²) in [5.41, 5.74) is 2.11. The summed E-state index contributed by atoms with van der Waals surface area (Å²) in [7, 11) is 0. The summed E-state index contributed by atoms with van der Waals surface area (Å²) in [6.07, 6.45) is 0. The second-order valence-corrected chi connectivity index (χ2v) is 4.63. The smallest absolute Gasteiger partial charge is 0.203 e. The van der Waals surface area contributed by atoms with Crippen LogP contribution in [0, 0.1) is 0 Å². The number of aliphatic hydroxyl groups excluding tert-OH is 1. The highest BCUT2D eigenvalue weighted by molar-refractivity contribution is 5.77. The fraction of sp³-hybridized carbons (Fsp3) is 0.462. The lowest BCUT2D eigenvalue weighted by Gasteiger charge is -2.34. The number of nitrogens with one attached hydrogen (secondary N) is 1. The zero-order valence-electron chi connectivity index (χ0n) is 10.3. The van der Waals surface area contributed by atoms with Crippen LogP contribution < -0.4 is 4.90 Å². The van der Waals surface area contributed by atoms with Crippen LogP contribution in [0.3, 0.4) is 0 Å². The second kappa shape index (κ2) is 4.96. The minimum absolute atomic E-state index is 0.241. The van der Waals surface area contributed by atoms with Gasteiger partial charge in [0.05, 0.1) is 17.6 Å². The number of aliphatic hydroxyl groups is 1. The molecule has 0 amide bonds. The first-order valence-corrected chi connectivity index (χ1v) is 6.40. The Bertz CT molecular complexity index is 483. The van der Waals surface area contributed by atoms with Crippen molar-refractivity contribution in [1.82, 2.24) is 14.9 Å². The molecule has 96 valence electrons. The lowest BCUT2D eigenvalue weighted by molar-refractivity contribution is 0.188. The number of aromatic nitrogens is 2. The van der Waals surface area contributed by atoms with Crippen molar-refractivity contribution in [2.24, 2.45) is 0 Å². The van der Waals surface area contributed by atoms with E-state index in [1.54, 1.807) is 0 Å². The monoisotopic (exact) mass is 246 g/mol. The highest BCUT2D eigenvalue weighted by atomic mass is 16.3. The van der Waals surface area contributed by atoms with Gasteiger partial charge in [-0.1, -0.05) is 12.1 Å². The number of hydrogen-bond donors (Lipinski definition) is 2. The molecule has 3 rings (SSSR count). The molecule has 0 saturated carbocycles.